The van der Waals surface area contributed by atoms with Crippen molar-refractivity contribution in [3.63, 3.8) is 0 Å². The average molecular weight is 284 g/mol. The maximum absolute atomic E-state index is 12.5. The van der Waals surface area contributed by atoms with Crippen LogP contribution in [0.4, 0.5) is 0 Å². The molecule has 0 bridgehead atoms. The van der Waals surface area contributed by atoms with Gasteiger partial charge in [0.2, 0.25) is 0 Å². The van der Waals surface area contributed by atoms with E-state index in [2.05, 4.69) is 18.1 Å². The molecule has 2 heterocycles. The van der Waals surface area contributed by atoms with Gasteiger partial charge >= 0.3 is 0 Å². The van der Waals surface area contributed by atoms with E-state index in [0.717, 1.165) is 22.2 Å². The highest BCUT2D eigenvalue weighted by Crippen LogP contribution is 2.22. The van der Waals surface area contributed by atoms with Crippen LogP contribution in [0.3, 0.4) is 0 Å². The van der Waals surface area contributed by atoms with Crippen molar-refractivity contribution in [1.29, 1.82) is 0 Å². The predicted octanol–water partition coefficient (Wildman–Crippen LogP) is 3.62. The maximum Gasteiger partial charge on any atom is 0.188 e. The lowest BCUT2D eigenvalue weighted by Crippen LogP contribution is -2.04. The SMILES string of the molecule is CCc1ccc(CC(=O)c2nn(C)c3ccccc23)s1. The summed E-state index contributed by atoms with van der Waals surface area (Å²) >= 11 is 1.71. The minimum atomic E-state index is 0.0892. The van der Waals surface area contributed by atoms with Crippen LogP contribution in [0.5, 0.6) is 0 Å². The normalized spacial score (nSPS) is 11.1. The number of benzene rings is 1. The summed E-state index contributed by atoms with van der Waals surface area (Å²) in [5.74, 6) is 0.0892. The summed E-state index contributed by atoms with van der Waals surface area (Å²) in [5, 5.41) is 5.32. The molecule has 0 atom stereocenters. The lowest BCUT2D eigenvalue weighted by molar-refractivity contribution is 0.0990. The number of aromatic nitrogens is 2. The summed E-state index contributed by atoms with van der Waals surface area (Å²) in [6, 6.07) is 12.0. The lowest BCUT2D eigenvalue weighted by atomic mass is 10.1. The third-order valence-corrected chi connectivity index (χ3v) is 4.65. The fourth-order valence-corrected chi connectivity index (χ4v) is 3.33. The molecule has 0 radical (unpaired) electrons. The minimum absolute atomic E-state index is 0.0892. The number of thiophene rings is 1. The summed E-state index contributed by atoms with van der Waals surface area (Å²) < 4.78 is 1.77. The van der Waals surface area contributed by atoms with Gasteiger partial charge in [0.15, 0.2) is 5.78 Å². The molecule has 0 unspecified atom stereocenters. The molecular formula is C16H16N2OS. The van der Waals surface area contributed by atoms with E-state index in [9.17, 15) is 4.79 Å². The molecule has 0 saturated heterocycles. The van der Waals surface area contributed by atoms with Gasteiger partial charge < -0.3 is 0 Å². The number of rotatable bonds is 4. The second-order valence-electron chi connectivity index (χ2n) is 4.81. The Hall–Kier alpha value is -1.94. The molecular weight excluding hydrogens is 268 g/mol. The number of Topliss-reactive ketones (excluding diaryl/α,β-unsaturated/α-hetero) is 1. The topological polar surface area (TPSA) is 34.9 Å². The molecule has 20 heavy (non-hydrogen) atoms. The smallest absolute Gasteiger partial charge is 0.188 e. The van der Waals surface area contributed by atoms with Crippen LogP contribution in [-0.2, 0) is 19.9 Å². The highest BCUT2D eigenvalue weighted by molar-refractivity contribution is 7.12. The van der Waals surface area contributed by atoms with Crippen LogP contribution in [0.1, 0.15) is 27.2 Å². The number of ketones is 1. The average Bonchev–Trinajstić information content (AvgIpc) is 3.04. The number of fused-ring (bicyclic) bond motifs is 1. The standard InChI is InChI=1S/C16H16N2OS/c1-3-11-8-9-12(20-11)10-15(19)16-13-6-4-5-7-14(13)18(2)17-16/h4-9H,3,10H2,1-2H3. The summed E-state index contributed by atoms with van der Waals surface area (Å²) in [7, 11) is 1.87. The van der Waals surface area contributed by atoms with Crippen LogP contribution in [-0.4, -0.2) is 15.6 Å². The lowest BCUT2D eigenvalue weighted by Gasteiger charge is -1.95. The van der Waals surface area contributed by atoms with Gasteiger partial charge in [0.25, 0.3) is 0 Å². The zero-order chi connectivity index (χ0) is 14.1. The highest BCUT2D eigenvalue weighted by atomic mass is 32.1. The summed E-state index contributed by atoms with van der Waals surface area (Å²) in [5.41, 5.74) is 1.57. The number of para-hydroxylation sites is 1. The van der Waals surface area contributed by atoms with Crippen molar-refractivity contribution in [2.24, 2.45) is 7.05 Å². The molecule has 0 aliphatic carbocycles. The first kappa shape index (κ1) is 13.1. The Morgan fingerprint density at radius 3 is 2.70 bits per heavy atom. The Kier molecular flexibility index (Phi) is 3.40. The second-order valence-corrected chi connectivity index (χ2v) is 6.06. The monoisotopic (exact) mass is 284 g/mol. The van der Waals surface area contributed by atoms with Crippen molar-refractivity contribution >= 4 is 28.0 Å². The molecule has 0 saturated carbocycles. The van der Waals surface area contributed by atoms with Gasteiger partial charge in [-0.2, -0.15) is 5.10 Å². The molecule has 0 N–H and O–H groups in total. The third kappa shape index (κ3) is 2.27. The molecule has 0 aliphatic rings. The van der Waals surface area contributed by atoms with Gasteiger partial charge in [0.05, 0.1) is 5.52 Å². The number of hydrogen-bond donors (Lipinski definition) is 0. The van der Waals surface area contributed by atoms with Gasteiger partial charge in [-0.05, 0) is 24.6 Å². The van der Waals surface area contributed by atoms with Crippen molar-refractivity contribution in [2.75, 3.05) is 0 Å². The molecule has 0 spiro atoms. The van der Waals surface area contributed by atoms with Gasteiger partial charge in [0.1, 0.15) is 5.69 Å². The van der Waals surface area contributed by atoms with Crippen molar-refractivity contribution < 1.29 is 4.79 Å². The van der Waals surface area contributed by atoms with Gasteiger partial charge in [0, 0.05) is 28.6 Å². The predicted molar refractivity (Wildman–Crippen MR) is 82.4 cm³/mol. The van der Waals surface area contributed by atoms with Crippen molar-refractivity contribution in [1.82, 2.24) is 9.78 Å². The zero-order valence-corrected chi connectivity index (χ0v) is 12.4. The quantitative estimate of drug-likeness (QED) is 0.686. The van der Waals surface area contributed by atoms with Gasteiger partial charge in [-0.1, -0.05) is 25.1 Å². The first-order valence-corrected chi connectivity index (χ1v) is 7.53. The van der Waals surface area contributed by atoms with E-state index in [4.69, 9.17) is 0 Å². The molecule has 0 amide bonds. The Morgan fingerprint density at radius 2 is 1.95 bits per heavy atom. The Morgan fingerprint density at radius 1 is 1.20 bits per heavy atom. The fraction of sp³-hybridized carbons (Fsp3) is 0.250. The first-order chi connectivity index (χ1) is 9.69. The van der Waals surface area contributed by atoms with Gasteiger partial charge in [-0.25, -0.2) is 0 Å². The van der Waals surface area contributed by atoms with Crippen LogP contribution < -0.4 is 0 Å². The molecule has 3 nitrogen and oxygen atoms in total. The van der Waals surface area contributed by atoms with Crippen LogP contribution in [0.25, 0.3) is 10.9 Å². The van der Waals surface area contributed by atoms with Crippen molar-refractivity contribution in [3.8, 4) is 0 Å². The van der Waals surface area contributed by atoms with Crippen molar-refractivity contribution in [3.05, 3.63) is 51.8 Å². The highest BCUT2D eigenvalue weighted by Gasteiger charge is 2.16. The van der Waals surface area contributed by atoms with E-state index < -0.39 is 0 Å². The Bertz CT molecular complexity index is 770. The van der Waals surface area contributed by atoms with Gasteiger partial charge in [-0.3, -0.25) is 9.48 Å². The largest absolute Gasteiger partial charge is 0.292 e. The van der Waals surface area contributed by atoms with E-state index >= 15 is 0 Å². The van der Waals surface area contributed by atoms with Crippen LogP contribution in [0.15, 0.2) is 36.4 Å². The second kappa shape index (κ2) is 5.21. The van der Waals surface area contributed by atoms with E-state index in [1.165, 1.54) is 4.88 Å². The summed E-state index contributed by atoms with van der Waals surface area (Å²) in [6.07, 6.45) is 1.46. The maximum atomic E-state index is 12.5. The molecule has 102 valence electrons. The molecule has 0 fully saturated rings. The number of aryl methyl sites for hydroxylation is 2. The molecule has 0 aliphatic heterocycles. The number of hydrogen-bond acceptors (Lipinski definition) is 3. The van der Waals surface area contributed by atoms with Crippen LogP contribution in [0.2, 0.25) is 0 Å². The summed E-state index contributed by atoms with van der Waals surface area (Å²) in [4.78, 5) is 14.9. The van der Waals surface area contributed by atoms with E-state index in [1.54, 1.807) is 16.0 Å². The van der Waals surface area contributed by atoms with E-state index in [-0.39, 0.29) is 5.78 Å². The molecule has 3 aromatic rings. The Balaban J connectivity index is 1.92. The molecule has 3 rings (SSSR count). The van der Waals surface area contributed by atoms with Gasteiger partial charge in [-0.15, -0.1) is 11.3 Å². The summed E-state index contributed by atoms with van der Waals surface area (Å²) in [6.45, 7) is 2.13. The third-order valence-electron chi connectivity index (χ3n) is 3.42. The number of nitrogens with zero attached hydrogens (tertiary/aromatic N) is 2. The molecule has 1 aromatic carbocycles. The zero-order valence-electron chi connectivity index (χ0n) is 11.6. The van der Waals surface area contributed by atoms with E-state index in [0.29, 0.717) is 12.1 Å². The fourth-order valence-electron chi connectivity index (χ4n) is 2.37. The van der Waals surface area contributed by atoms with Crippen LogP contribution >= 0.6 is 11.3 Å². The Labute approximate surface area is 121 Å². The first-order valence-electron chi connectivity index (χ1n) is 6.71. The van der Waals surface area contributed by atoms with Crippen molar-refractivity contribution in [2.45, 2.75) is 19.8 Å². The molecule has 4 heteroatoms. The minimum Gasteiger partial charge on any atom is -0.292 e. The van der Waals surface area contributed by atoms with Crippen LogP contribution in [0, 0.1) is 0 Å². The van der Waals surface area contributed by atoms with E-state index in [1.807, 2.05) is 37.4 Å². The molecule has 2 aromatic heterocycles. The number of carbonyl (C=O) groups is 1. The number of carbonyl (C=O) groups excluding carboxylic acids is 1.